The van der Waals surface area contributed by atoms with Gasteiger partial charge in [0.2, 0.25) is 0 Å². The van der Waals surface area contributed by atoms with Gasteiger partial charge in [0.05, 0.1) is 6.26 Å². The number of rotatable bonds is 2. The van der Waals surface area contributed by atoms with Crippen molar-refractivity contribution in [3.05, 3.63) is 42.3 Å². The molecule has 2 aromatic rings. The van der Waals surface area contributed by atoms with Crippen molar-refractivity contribution in [3.8, 4) is 0 Å². The van der Waals surface area contributed by atoms with Gasteiger partial charge in [-0.05, 0) is 44.0 Å². The third-order valence-electron chi connectivity index (χ3n) is 1.87. The van der Waals surface area contributed by atoms with E-state index >= 15 is 0 Å². The van der Waals surface area contributed by atoms with Crippen LogP contribution in [0.1, 0.15) is 16.5 Å². The molecule has 0 fully saturated rings. The molecule has 1 N–H and O–H groups in total. The summed E-state index contributed by atoms with van der Waals surface area (Å²) in [7, 11) is 0. The van der Waals surface area contributed by atoms with Gasteiger partial charge in [-0.2, -0.15) is 0 Å². The topological polar surface area (TPSA) is 33.4 Å². The molecule has 0 radical (unpaired) electrons. The fourth-order valence-corrected chi connectivity index (χ4v) is 3.35. The zero-order valence-electron chi connectivity index (χ0n) is 7.21. The number of thiophene rings is 1. The van der Waals surface area contributed by atoms with E-state index < -0.39 is 6.10 Å². The van der Waals surface area contributed by atoms with Crippen molar-refractivity contribution in [1.82, 2.24) is 0 Å². The number of aliphatic hydroxyl groups excluding tert-OH is 1. The van der Waals surface area contributed by atoms with Crippen molar-refractivity contribution in [3.63, 3.8) is 0 Å². The normalized spacial score (nSPS) is 13.1. The van der Waals surface area contributed by atoms with Crippen LogP contribution in [0.5, 0.6) is 0 Å². The molecule has 0 bridgehead atoms. The van der Waals surface area contributed by atoms with Crippen molar-refractivity contribution in [2.45, 2.75) is 6.10 Å². The zero-order valence-corrected chi connectivity index (χ0v) is 12.0. The molecule has 2 aromatic heterocycles. The summed E-state index contributed by atoms with van der Waals surface area (Å²) >= 11 is 13.8. The molecule has 0 aliphatic carbocycles. The van der Waals surface area contributed by atoms with Crippen LogP contribution in [0.2, 0.25) is 4.34 Å². The number of aliphatic hydroxyl groups is 1. The van der Waals surface area contributed by atoms with Crippen LogP contribution in [0.25, 0.3) is 0 Å². The van der Waals surface area contributed by atoms with Crippen LogP contribution in [0.4, 0.5) is 0 Å². The van der Waals surface area contributed by atoms with Crippen LogP contribution < -0.4 is 0 Å². The maximum absolute atomic E-state index is 10.0. The van der Waals surface area contributed by atoms with Crippen molar-refractivity contribution < 1.29 is 9.52 Å². The number of hydrogen-bond donors (Lipinski definition) is 1. The molecule has 0 spiro atoms. The van der Waals surface area contributed by atoms with E-state index in [0.717, 1.165) is 9.35 Å². The summed E-state index contributed by atoms with van der Waals surface area (Å²) in [4.78, 5) is 0.772. The van der Waals surface area contributed by atoms with E-state index in [4.69, 9.17) is 16.0 Å². The molecular formula is C9H5Br2ClO2S. The van der Waals surface area contributed by atoms with E-state index in [1.54, 1.807) is 12.1 Å². The van der Waals surface area contributed by atoms with Crippen LogP contribution in [-0.4, -0.2) is 5.11 Å². The molecule has 2 rings (SSSR count). The fraction of sp³-hybridized carbons (Fsp3) is 0.111. The summed E-state index contributed by atoms with van der Waals surface area (Å²) < 4.78 is 7.02. The summed E-state index contributed by atoms with van der Waals surface area (Å²) in [6.07, 6.45) is 0.805. The second-order valence-electron chi connectivity index (χ2n) is 2.82. The van der Waals surface area contributed by atoms with E-state index in [1.165, 1.54) is 17.6 Å². The SMILES string of the molecule is OC(c1cc(Br)c(Cl)s1)c1ccoc1Br. The third-order valence-corrected chi connectivity index (χ3v) is 5.05. The first-order valence-corrected chi connectivity index (χ1v) is 6.73. The predicted molar refractivity (Wildman–Crippen MR) is 67.5 cm³/mol. The van der Waals surface area contributed by atoms with Gasteiger partial charge in [-0.25, -0.2) is 0 Å². The highest BCUT2D eigenvalue weighted by atomic mass is 79.9. The summed E-state index contributed by atoms with van der Waals surface area (Å²) in [6, 6.07) is 3.52. The average Bonchev–Trinajstić information content (AvgIpc) is 2.74. The van der Waals surface area contributed by atoms with Gasteiger partial charge in [0.25, 0.3) is 0 Å². The first-order chi connectivity index (χ1) is 7.09. The lowest BCUT2D eigenvalue weighted by Gasteiger charge is -2.05. The second-order valence-corrected chi connectivity index (χ2v) is 6.08. The maximum Gasteiger partial charge on any atom is 0.175 e. The summed E-state index contributed by atoms with van der Waals surface area (Å²) in [5, 5.41) is 10.0. The molecule has 1 unspecified atom stereocenters. The Morgan fingerprint density at radius 3 is 2.67 bits per heavy atom. The lowest BCUT2D eigenvalue weighted by atomic mass is 10.2. The Morgan fingerprint density at radius 1 is 1.47 bits per heavy atom. The highest BCUT2D eigenvalue weighted by Crippen LogP contribution is 2.39. The van der Waals surface area contributed by atoms with E-state index in [1.807, 2.05) is 0 Å². The van der Waals surface area contributed by atoms with Crippen LogP contribution in [0, 0.1) is 0 Å². The number of furan rings is 1. The van der Waals surface area contributed by atoms with Gasteiger partial charge in [0.15, 0.2) is 4.67 Å². The van der Waals surface area contributed by atoms with Gasteiger partial charge < -0.3 is 9.52 Å². The minimum Gasteiger partial charge on any atom is -0.457 e. The molecule has 0 aliphatic rings. The number of hydrogen-bond acceptors (Lipinski definition) is 3. The fourth-order valence-electron chi connectivity index (χ4n) is 1.15. The van der Waals surface area contributed by atoms with E-state index in [0.29, 0.717) is 14.6 Å². The minimum atomic E-state index is -0.716. The van der Waals surface area contributed by atoms with Gasteiger partial charge in [-0.1, -0.05) is 11.6 Å². The summed E-state index contributed by atoms with van der Waals surface area (Å²) in [5.74, 6) is 0. The second kappa shape index (κ2) is 4.59. The Morgan fingerprint density at radius 2 is 2.20 bits per heavy atom. The molecule has 0 saturated heterocycles. The first kappa shape index (κ1) is 11.7. The molecule has 6 heteroatoms. The molecule has 0 aromatic carbocycles. The van der Waals surface area contributed by atoms with Gasteiger partial charge in [-0.3, -0.25) is 0 Å². The van der Waals surface area contributed by atoms with Gasteiger partial charge in [0, 0.05) is 14.9 Å². The zero-order chi connectivity index (χ0) is 11.0. The van der Waals surface area contributed by atoms with Gasteiger partial charge in [-0.15, -0.1) is 11.3 Å². The predicted octanol–water partition coefficient (Wildman–Crippen LogP) is 4.60. The van der Waals surface area contributed by atoms with Crippen molar-refractivity contribution >= 4 is 54.8 Å². The van der Waals surface area contributed by atoms with Crippen LogP contribution >= 0.6 is 54.8 Å². The Bertz CT molecular complexity index is 461. The van der Waals surface area contributed by atoms with Crippen LogP contribution in [-0.2, 0) is 0 Å². The average molecular weight is 372 g/mol. The molecule has 0 amide bonds. The highest BCUT2D eigenvalue weighted by Gasteiger charge is 2.19. The molecule has 0 saturated carbocycles. The Kier molecular flexibility index (Phi) is 3.57. The quantitative estimate of drug-likeness (QED) is 0.836. The largest absolute Gasteiger partial charge is 0.457 e. The minimum absolute atomic E-state index is 0.538. The molecular weight excluding hydrogens is 367 g/mol. The van der Waals surface area contributed by atoms with Crippen LogP contribution in [0.3, 0.4) is 0 Å². The lowest BCUT2D eigenvalue weighted by Crippen LogP contribution is -1.95. The first-order valence-electron chi connectivity index (χ1n) is 3.95. The summed E-state index contributed by atoms with van der Waals surface area (Å²) in [5.41, 5.74) is 0.695. The molecule has 15 heavy (non-hydrogen) atoms. The van der Waals surface area contributed by atoms with Crippen LogP contribution in [0.15, 0.2) is 32.0 Å². The monoisotopic (exact) mass is 370 g/mol. The van der Waals surface area contributed by atoms with E-state index in [-0.39, 0.29) is 0 Å². The summed E-state index contributed by atoms with van der Waals surface area (Å²) in [6.45, 7) is 0. The Balaban J connectivity index is 2.36. The highest BCUT2D eigenvalue weighted by molar-refractivity contribution is 9.10. The van der Waals surface area contributed by atoms with E-state index in [2.05, 4.69) is 31.9 Å². The Labute approximate surface area is 112 Å². The maximum atomic E-state index is 10.0. The smallest absolute Gasteiger partial charge is 0.175 e. The van der Waals surface area contributed by atoms with Crippen molar-refractivity contribution in [2.75, 3.05) is 0 Å². The Hall–Kier alpha value is 0.190. The van der Waals surface area contributed by atoms with Crippen molar-refractivity contribution in [1.29, 1.82) is 0 Å². The van der Waals surface area contributed by atoms with Gasteiger partial charge >= 0.3 is 0 Å². The molecule has 80 valence electrons. The van der Waals surface area contributed by atoms with Gasteiger partial charge in [0.1, 0.15) is 10.4 Å². The molecule has 1 atom stereocenters. The van der Waals surface area contributed by atoms with Crippen molar-refractivity contribution in [2.24, 2.45) is 0 Å². The van der Waals surface area contributed by atoms with E-state index in [9.17, 15) is 5.11 Å². The lowest BCUT2D eigenvalue weighted by molar-refractivity contribution is 0.221. The molecule has 2 nitrogen and oxygen atoms in total. The number of halogens is 3. The molecule has 2 heterocycles. The third kappa shape index (κ3) is 2.31. The standard InChI is InChI=1S/C9H5Br2ClO2S/c10-5-3-6(15-9(5)12)7(13)4-1-2-14-8(4)11/h1-3,7,13H. The molecule has 0 aliphatic heterocycles.